The van der Waals surface area contributed by atoms with Crippen LogP contribution >= 0.6 is 0 Å². The second-order valence-corrected chi connectivity index (χ2v) is 8.44. The first-order valence-electron chi connectivity index (χ1n) is 10.9. The number of fused-ring (bicyclic) bond motifs is 2. The number of nitrogens with zero attached hydrogens (tertiary/aromatic N) is 6. The molecule has 1 aliphatic heterocycles. The first-order valence-corrected chi connectivity index (χ1v) is 10.9. The molecule has 0 aromatic carbocycles. The van der Waals surface area contributed by atoms with Gasteiger partial charge in [0.05, 0.1) is 36.3 Å². The van der Waals surface area contributed by atoms with Crippen molar-refractivity contribution in [2.45, 2.75) is 6.04 Å². The Balaban J connectivity index is 1.31. The fraction of sp³-hybridized carbons (Fsp3) is 0.125. The van der Waals surface area contributed by atoms with Crippen molar-refractivity contribution < 1.29 is 4.42 Å². The molecule has 10 heteroatoms. The zero-order chi connectivity index (χ0) is 22.6. The Morgan fingerprint density at radius 2 is 1.94 bits per heavy atom. The van der Waals surface area contributed by atoms with Crippen LogP contribution in [0.5, 0.6) is 0 Å². The molecule has 1 aliphatic rings. The molecule has 0 amide bonds. The lowest BCUT2D eigenvalue weighted by Crippen LogP contribution is -2.56. The predicted molar refractivity (Wildman–Crippen MR) is 128 cm³/mol. The van der Waals surface area contributed by atoms with Crippen molar-refractivity contribution >= 4 is 27.9 Å². The normalized spacial score (nSPS) is 14.2. The largest absolute Gasteiger partial charge is 0.472 e. The van der Waals surface area contributed by atoms with Gasteiger partial charge in [-0.3, -0.25) is 10.1 Å². The molecule has 1 fully saturated rings. The van der Waals surface area contributed by atoms with Crippen LogP contribution in [0.25, 0.3) is 55.8 Å². The highest BCUT2D eigenvalue weighted by Gasteiger charge is 2.25. The molecular weight excluding hydrogens is 430 g/mol. The number of anilines is 1. The Hall–Kier alpha value is -4.57. The number of aromatic amines is 2. The molecule has 6 aromatic heterocycles. The molecule has 0 saturated carbocycles. The van der Waals surface area contributed by atoms with E-state index in [4.69, 9.17) is 15.1 Å². The maximum atomic E-state index is 5.92. The minimum Gasteiger partial charge on any atom is -0.472 e. The minimum absolute atomic E-state index is 0.191. The topological polar surface area (TPSA) is 138 Å². The van der Waals surface area contributed by atoms with E-state index < -0.39 is 0 Å². The highest BCUT2D eigenvalue weighted by atomic mass is 16.3. The van der Waals surface area contributed by atoms with E-state index in [2.05, 4.69) is 41.1 Å². The second kappa shape index (κ2) is 7.22. The van der Waals surface area contributed by atoms with Crippen LogP contribution in [0.2, 0.25) is 0 Å². The lowest BCUT2D eigenvalue weighted by molar-refractivity contribution is 0.514. The Bertz CT molecular complexity index is 1640. The Labute approximate surface area is 192 Å². The summed E-state index contributed by atoms with van der Waals surface area (Å²) in [6.07, 6.45) is 10.5. The van der Waals surface area contributed by atoms with Gasteiger partial charge in [0, 0.05) is 53.4 Å². The van der Waals surface area contributed by atoms with E-state index in [1.165, 1.54) is 0 Å². The smallest absolute Gasteiger partial charge is 0.155 e. The highest BCUT2D eigenvalue weighted by Crippen LogP contribution is 2.34. The van der Waals surface area contributed by atoms with Crippen LogP contribution in [0.3, 0.4) is 0 Å². The molecule has 0 bridgehead atoms. The number of rotatable bonds is 4. The van der Waals surface area contributed by atoms with Gasteiger partial charge >= 0.3 is 0 Å². The molecule has 7 rings (SSSR count). The van der Waals surface area contributed by atoms with Crippen LogP contribution in [0.15, 0.2) is 66.0 Å². The minimum atomic E-state index is 0.191. The quantitative estimate of drug-likeness (QED) is 0.372. The summed E-state index contributed by atoms with van der Waals surface area (Å²) < 4.78 is 5.27. The Morgan fingerprint density at radius 3 is 2.79 bits per heavy atom. The molecule has 0 atom stereocenters. The molecule has 7 heterocycles. The SMILES string of the molecule is NC1CN(c2cncc(-c3cnc4[nH]nc(-c5cc6c(-c7ccoc7)ccnc6[nH]5)c4c3)n2)C1. The van der Waals surface area contributed by atoms with Crippen molar-refractivity contribution in [3.05, 3.63) is 61.6 Å². The summed E-state index contributed by atoms with van der Waals surface area (Å²) in [5, 5.41) is 9.44. The number of aromatic nitrogens is 7. The maximum absolute atomic E-state index is 5.92. The predicted octanol–water partition coefficient (Wildman–Crippen LogP) is 3.37. The van der Waals surface area contributed by atoms with Gasteiger partial charge in [-0.2, -0.15) is 5.10 Å². The average molecular weight is 449 g/mol. The number of pyridine rings is 2. The van der Waals surface area contributed by atoms with Crippen molar-refractivity contribution in [3.8, 4) is 33.8 Å². The molecule has 34 heavy (non-hydrogen) atoms. The number of furan rings is 1. The van der Waals surface area contributed by atoms with E-state index in [-0.39, 0.29) is 6.04 Å². The van der Waals surface area contributed by atoms with Crippen LogP contribution in [0, 0.1) is 0 Å². The van der Waals surface area contributed by atoms with E-state index in [1.807, 2.05) is 18.2 Å². The summed E-state index contributed by atoms with van der Waals surface area (Å²) >= 11 is 0. The van der Waals surface area contributed by atoms with E-state index in [0.717, 1.165) is 69.1 Å². The van der Waals surface area contributed by atoms with E-state index in [9.17, 15) is 0 Å². The summed E-state index contributed by atoms with van der Waals surface area (Å²) in [4.78, 5) is 23.7. The molecule has 1 saturated heterocycles. The summed E-state index contributed by atoms with van der Waals surface area (Å²) in [7, 11) is 0. The second-order valence-electron chi connectivity index (χ2n) is 8.44. The van der Waals surface area contributed by atoms with Gasteiger partial charge in [0.15, 0.2) is 5.65 Å². The van der Waals surface area contributed by atoms with Crippen LogP contribution in [0.1, 0.15) is 0 Å². The molecule has 0 unspecified atom stereocenters. The molecular formula is C24H19N9O. The number of H-pyrrole nitrogens is 2. The number of nitrogens with one attached hydrogen (secondary N) is 2. The van der Waals surface area contributed by atoms with Gasteiger partial charge in [-0.1, -0.05) is 0 Å². The highest BCUT2D eigenvalue weighted by molar-refractivity contribution is 5.99. The third-order valence-corrected chi connectivity index (χ3v) is 6.19. The van der Waals surface area contributed by atoms with Crippen molar-refractivity contribution in [2.75, 3.05) is 18.0 Å². The molecule has 4 N–H and O–H groups in total. The number of hydrogen-bond donors (Lipinski definition) is 3. The fourth-order valence-electron chi connectivity index (χ4n) is 4.42. The monoisotopic (exact) mass is 449 g/mol. The van der Waals surface area contributed by atoms with Crippen LogP contribution < -0.4 is 10.6 Å². The number of nitrogens with two attached hydrogens (primary N) is 1. The van der Waals surface area contributed by atoms with Gasteiger partial charge in [-0.15, -0.1) is 0 Å². The van der Waals surface area contributed by atoms with Crippen molar-refractivity contribution in [3.63, 3.8) is 0 Å². The van der Waals surface area contributed by atoms with Gasteiger partial charge in [0.2, 0.25) is 0 Å². The summed E-state index contributed by atoms with van der Waals surface area (Å²) in [6.45, 7) is 1.58. The average Bonchev–Trinajstić information content (AvgIpc) is 3.60. The van der Waals surface area contributed by atoms with E-state index in [1.54, 1.807) is 37.3 Å². The van der Waals surface area contributed by atoms with Crippen LogP contribution in [-0.4, -0.2) is 54.2 Å². The summed E-state index contributed by atoms with van der Waals surface area (Å²) in [6, 6.07) is 8.19. The standard InChI is InChI=1S/C24H19N9O/c25-15-10-33(11-15)21-9-26-8-20(29-21)14-5-18-22(31-32-24(18)28-7-14)19-6-17-16(13-2-4-34-12-13)1-3-27-23(17)30-19/h1-9,12,15H,10-11,25H2,(H,27,30)(H,28,31,32). The van der Waals surface area contributed by atoms with E-state index >= 15 is 0 Å². The maximum Gasteiger partial charge on any atom is 0.155 e. The first-order chi connectivity index (χ1) is 16.7. The van der Waals surface area contributed by atoms with Gasteiger partial charge in [0.25, 0.3) is 0 Å². The molecule has 0 spiro atoms. The number of hydrogen-bond acceptors (Lipinski definition) is 8. The zero-order valence-corrected chi connectivity index (χ0v) is 17.9. The molecule has 10 nitrogen and oxygen atoms in total. The Morgan fingerprint density at radius 1 is 1.00 bits per heavy atom. The van der Waals surface area contributed by atoms with Gasteiger partial charge in [-0.05, 0) is 29.8 Å². The molecule has 0 radical (unpaired) electrons. The molecule has 0 aliphatic carbocycles. The van der Waals surface area contributed by atoms with Crippen molar-refractivity contribution in [2.24, 2.45) is 5.73 Å². The third-order valence-electron chi connectivity index (χ3n) is 6.19. The first kappa shape index (κ1) is 18.9. The van der Waals surface area contributed by atoms with Crippen molar-refractivity contribution in [1.29, 1.82) is 0 Å². The summed E-state index contributed by atoms with van der Waals surface area (Å²) in [5.74, 6) is 0.820. The van der Waals surface area contributed by atoms with Crippen LogP contribution in [-0.2, 0) is 0 Å². The van der Waals surface area contributed by atoms with E-state index in [0.29, 0.717) is 5.65 Å². The molecule has 6 aromatic rings. The summed E-state index contributed by atoms with van der Waals surface area (Å²) in [5.41, 5.74) is 12.6. The van der Waals surface area contributed by atoms with Gasteiger partial charge < -0.3 is 20.0 Å². The lowest BCUT2D eigenvalue weighted by Gasteiger charge is -2.37. The van der Waals surface area contributed by atoms with Crippen molar-refractivity contribution in [1.82, 2.24) is 35.1 Å². The molecule has 166 valence electrons. The lowest BCUT2D eigenvalue weighted by atomic mass is 10.1. The third kappa shape index (κ3) is 2.96. The van der Waals surface area contributed by atoms with Gasteiger partial charge in [-0.25, -0.2) is 15.0 Å². The Kier molecular flexibility index (Phi) is 4.02. The fourth-order valence-corrected chi connectivity index (χ4v) is 4.42. The zero-order valence-electron chi connectivity index (χ0n) is 17.9. The van der Waals surface area contributed by atoms with Gasteiger partial charge in [0.1, 0.15) is 17.2 Å². The van der Waals surface area contributed by atoms with Crippen LogP contribution in [0.4, 0.5) is 5.82 Å².